The van der Waals surface area contributed by atoms with Crippen LogP contribution in [0.1, 0.15) is 12.0 Å². The third-order valence-corrected chi connectivity index (χ3v) is 3.44. The van der Waals surface area contributed by atoms with Crippen molar-refractivity contribution in [1.29, 1.82) is 0 Å². The fraction of sp³-hybridized carbons (Fsp3) is 0.455. The van der Waals surface area contributed by atoms with Gasteiger partial charge in [-0.25, -0.2) is 8.42 Å². The molecule has 90 valence electrons. The zero-order valence-electron chi connectivity index (χ0n) is 9.06. The predicted molar refractivity (Wildman–Crippen MR) is 65.5 cm³/mol. The number of benzene rings is 1. The molecule has 0 aliphatic carbocycles. The molecule has 0 saturated heterocycles. The van der Waals surface area contributed by atoms with Crippen LogP contribution in [0.4, 0.5) is 0 Å². The van der Waals surface area contributed by atoms with Crippen LogP contribution in [0.2, 0.25) is 5.02 Å². The minimum Gasteiger partial charge on any atom is -0.393 e. The van der Waals surface area contributed by atoms with Crippen molar-refractivity contribution in [3.63, 3.8) is 0 Å². The standard InChI is InChI=1S/C11H15ClO3S/c1-16(14,15)7-6-11(13)8-9-2-4-10(12)5-3-9/h2-5,11,13H,6-8H2,1H3. The first-order chi connectivity index (χ1) is 7.37. The molecule has 0 spiro atoms. The summed E-state index contributed by atoms with van der Waals surface area (Å²) in [6.07, 6.45) is 1.26. The van der Waals surface area contributed by atoms with E-state index in [9.17, 15) is 13.5 Å². The van der Waals surface area contributed by atoms with E-state index in [1.54, 1.807) is 12.1 Å². The molecule has 1 rings (SSSR count). The van der Waals surface area contributed by atoms with E-state index in [4.69, 9.17) is 11.6 Å². The van der Waals surface area contributed by atoms with E-state index >= 15 is 0 Å². The van der Waals surface area contributed by atoms with Gasteiger partial charge in [0.2, 0.25) is 0 Å². The molecule has 5 heteroatoms. The van der Waals surface area contributed by atoms with Gasteiger partial charge in [0.15, 0.2) is 0 Å². The number of halogens is 1. The van der Waals surface area contributed by atoms with Gasteiger partial charge in [-0.15, -0.1) is 0 Å². The van der Waals surface area contributed by atoms with E-state index in [-0.39, 0.29) is 12.2 Å². The number of rotatable bonds is 5. The molecule has 0 fully saturated rings. The minimum atomic E-state index is -3.00. The van der Waals surface area contributed by atoms with E-state index in [2.05, 4.69) is 0 Å². The van der Waals surface area contributed by atoms with E-state index < -0.39 is 15.9 Å². The lowest BCUT2D eigenvalue weighted by atomic mass is 10.1. The highest BCUT2D eigenvalue weighted by Crippen LogP contribution is 2.12. The van der Waals surface area contributed by atoms with Crippen LogP contribution in [0.3, 0.4) is 0 Å². The summed E-state index contributed by atoms with van der Waals surface area (Å²) < 4.78 is 21.8. The fourth-order valence-corrected chi connectivity index (χ4v) is 2.17. The smallest absolute Gasteiger partial charge is 0.147 e. The van der Waals surface area contributed by atoms with Gasteiger partial charge in [-0.05, 0) is 30.5 Å². The molecule has 1 atom stereocenters. The summed E-state index contributed by atoms with van der Waals surface area (Å²) in [5, 5.41) is 10.3. The van der Waals surface area contributed by atoms with E-state index in [1.165, 1.54) is 6.26 Å². The Balaban J connectivity index is 2.45. The third kappa shape index (κ3) is 5.49. The normalized spacial score (nSPS) is 13.7. The molecule has 0 heterocycles. The van der Waals surface area contributed by atoms with Gasteiger partial charge in [0.1, 0.15) is 9.84 Å². The molecule has 0 bridgehead atoms. The average Bonchev–Trinajstić information content (AvgIpc) is 2.18. The Hall–Kier alpha value is -0.580. The van der Waals surface area contributed by atoms with Crippen molar-refractivity contribution in [2.75, 3.05) is 12.0 Å². The molecule has 3 nitrogen and oxygen atoms in total. The molecule has 0 aliphatic heterocycles. The summed E-state index contributed by atoms with van der Waals surface area (Å²) >= 11 is 5.73. The van der Waals surface area contributed by atoms with Crippen molar-refractivity contribution in [3.8, 4) is 0 Å². The van der Waals surface area contributed by atoms with Gasteiger partial charge in [0.25, 0.3) is 0 Å². The summed E-state index contributed by atoms with van der Waals surface area (Å²) in [6.45, 7) is 0. The van der Waals surface area contributed by atoms with Crippen molar-refractivity contribution in [1.82, 2.24) is 0 Å². The first-order valence-corrected chi connectivity index (χ1v) is 7.41. The molecule has 1 N–H and O–H groups in total. The highest BCUT2D eigenvalue weighted by molar-refractivity contribution is 7.90. The second kappa shape index (κ2) is 5.66. The van der Waals surface area contributed by atoms with Gasteiger partial charge in [0, 0.05) is 11.3 Å². The Bertz CT molecular complexity index is 425. The first-order valence-electron chi connectivity index (χ1n) is 4.97. The molecule has 0 amide bonds. The van der Waals surface area contributed by atoms with Crippen molar-refractivity contribution >= 4 is 21.4 Å². The molecule has 0 aromatic heterocycles. The van der Waals surface area contributed by atoms with Gasteiger partial charge < -0.3 is 5.11 Å². The van der Waals surface area contributed by atoms with E-state index in [0.717, 1.165) is 5.56 Å². The molecule has 1 aromatic rings. The van der Waals surface area contributed by atoms with Crippen molar-refractivity contribution < 1.29 is 13.5 Å². The maximum atomic E-state index is 10.9. The maximum Gasteiger partial charge on any atom is 0.147 e. The van der Waals surface area contributed by atoms with Crippen LogP contribution in [-0.2, 0) is 16.3 Å². The van der Waals surface area contributed by atoms with Crippen molar-refractivity contribution in [2.45, 2.75) is 18.9 Å². The number of aliphatic hydroxyl groups is 1. The lowest BCUT2D eigenvalue weighted by molar-refractivity contribution is 0.171. The van der Waals surface area contributed by atoms with Crippen molar-refractivity contribution in [2.24, 2.45) is 0 Å². The molecule has 1 unspecified atom stereocenters. The summed E-state index contributed by atoms with van der Waals surface area (Å²) in [5.41, 5.74) is 0.949. The maximum absolute atomic E-state index is 10.9. The van der Waals surface area contributed by atoms with Gasteiger partial charge >= 0.3 is 0 Å². The van der Waals surface area contributed by atoms with Crippen LogP contribution >= 0.6 is 11.6 Å². The van der Waals surface area contributed by atoms with Crippen LogP contribution in [0.5, 0.6) is 0 Å². The summed E-state index contributed by atoms with van der Waals surface area (Å²) in [4.78, 5) is 0. The number of sulfone groups is 1. The topological polar surface area (TPSA) is 54.4 Å². The number of hydrogen-bond donors (Lipinski definition) is 1. The Morgan fingerprint density at radius 3 is 2.38 bits per heavy atom. The molecular formula is C11H15ClO3S. The molecule has 0 radical (unpaired) electrons. The molecule has 0 saturated carbocycles. The zero-order chi connectivity index (χ0) is 12.2. The van der Waals surface area contributed by atoms with E-state index in [1.807, 2.05) is 12.1 Å². The first kappa shape index (κ1) is 13.5. The van der Waals surface area contributed by atoms with Crippen LogP contribution in [0.15, 0.2) is 24.3 Å². The third-order valence-electron chi connectivity index (χ3n) is 2.21. The lowest BCUT2D eigenvalue weighted by Crippen LogP contribution is -2.16. The average molecular weight is 263 g/mol. The molecule has 0 aliphatic rings. The predicted octanol–water partition coefficient (Wildman–Crippen LogP) is 1.68. The summed E-state index contributed by atoms with van der Waals surface area (Å²) in [6, 6.07) is 7.15. The highest BCUT2D eigenvalue weighted by atomic mass is 35.5. The molecule has 1 aromatic carbocycles. The Kier molecular flexibility index (Phi) is 4.77. The number of aliphatic hydroxyl groups excluding tert-OH is 1. The van der Waals surface area contributed by atoms with Gasteiger partial charge in [0.05, 0.1) is 11.9 Å². The molecule has 16 heavy (non-hydrogen) atoms. The summed E-state index contributed by atoms with van der Waals surface area (Å²) in [7, 11) is -3.00. The monoisotopic (exact) mass is 262 g/mol. The Labute approximate surface area is 101 Å². The largest absolute Gasteiger partial charge is 0.393 e. The van der Waals surface area contributed by atoms with Crippen LogP contribution in [0, 0.1) is 0 Å². The van der Waals surface area contributed by atoms with Gasteiger partial charge in [-0.3, -0.25) is 0 Å². The summed E-state index contributed by atoms with van der Waals surface area (Å²) in [5.74, 6) is 0.0156. The Morgan fingerprint density at radius 2 is 1.88 bits per heavy atom. The fourth-order valence-electron chi connectivity index (χ4n) is 1.34. The van der Waals surface area contributed by atoms with Crippen molar-refractivity contribution in [3.05, 3.63) is 34.9 Å². The zero-order valence-corrected chi connectivity index (χ0v) is 10.6. The quantitative estimate of drug-likeness (QED) is 0.878. The lowest BCUT2D eigenvalue weighted by Gasteiger charge is -2.09. The minimum absolute atomic E-state index is 0.0156. The molecular weight excluding hydrogens is 248 g/mol. The van der Waals surface area contributed by atoms with Crippen LogP contribution in [-0.4, -0.2) is 31.6 Å². The van der Waals surface area contributed by atoms with Crippen LogP contribution < -0.4 is 0 Å². The van der Waals surface area contributed by atoms with Crippen LogP contribution in [0.25, 0.3) is 0 Å². The Morgan fingerprint density at radius 1 is 1.31 bits per heavy atom. The highest BCUT2D eigenvalue weighted by Gasteiger charge is 2.09. The van der Waals surface area contributed by atoms with Gasteiger partial charge in [-0.1, -0.05) is 23.7 Å². The second-order valence-electron chi connectivity index (χ2n) is 3.90. The second-order valence-corrected chi connectivity index (χ2v) is 6.60. The van der Waals surface area contributed by atoms with E-state index in [0.29, 0.717) is 11.4 Å². The number of hydrogen-bond acceptors (Lipinski definition) is 3. The van der Waals surface area contributed by atoms with Gasteiger partial charge in [-0.2, -0.15) is 0 Å². The SMILES string of the molecule is CS(=O)(=O)CCC(O)Cc1ccc(Cl)cc1.